The summed E-state index contributed by atoms with van der Waals surface area (Å²) >= 11 is 5.64. The third kappa shape index (κ3) is 4.27. The highest BCUT2D eigenvalue weighted by molar-refractivity contribution is 7.80. The predicted molar refractivity (Wildman–Crippen MR) is 112 cm³/mol. The second-order valence-corrected chi connectivity index (χ2v) is 8.35. The Morgan fingerprint density at radius 2 is 1.89 bits per heavy atom. The van der Waals surface area contributed by atoms with Crippen LogP contribution in [-0.2, 0) is 19.9 Å². The highest BCUT2D eigenvalue weighted by Crippen LogP contribution is 2.42. The number of benzene rings is 1. The summed E-state index contributed by atoms with van der Waals surface area (Å²) < 4.78 is 19.4. The summed E-state index contributed by atoms with van der Waals surface area (Å²) in [5, 5.41) is 0.278. The molecule has 1 aromatic rings. The van der Waals surface area contributed by atoms with E-state index in [1.54, 1.807) is 30.9 Å². The highest BCUT2D eigenvalue weighted by atomic mass is 32.1. The van der Waals surface area contributed by atoms with Gasteiger partial charge in [-0.25, -0.2) is 4.39 Å². The van der Waals surface area contributed by atoms with E-state index < -0.39 is 22.6 Å². The minimum Gasteiger partial charge on any atom is -0.484 e. The van der Waals surface area contributed by atoms with Gasteiger partial charge in [-0.3, -0.25) is 9.59 Å². The van der Waals surface area contributed by atoms with E-state index in [0.29, 0.717) is 38.0 Å². The lowest BCUT2D eigenvalue weighted by atomic mass is 9.82. The van der Waals surface area contributed by atoms with E-state index in [4.69, 9.17) is 17.0 Å². The number of unbranched alkanes of at least 4 members (excludes halogenated alkanes) is 1. The van der Waals surface area contributed by atoms with Crippen molar-refractivity contribution in [3.8, 4) is 0 Å². The number of nitrogens with zero attached hydrogens (tertiary/aromatic N) is 1. The molecule has 2 rings (SSSR count). The van der Waals surface area contributed by atoms with Gasteiger partial charge >= 0.3 is 0 Å². The maximum atomic E-state index is 13.5. The molecule has 1 aliphatic heterocycles. The molecule has 0 radical (unpaired) electrons. The summed E-state index contributed by atoms with van der Waals surface area (Å²) in [6.07, 6.45) is 3.61. The molecule has 1 heterocycles. The first-order chi connectivity index (χ1) is 13.2. The number of rotatable bonds is 8. The molecule has 1 fully saturated rings. The largest absolute Gasteiger partial charge is 0.484 e. The molecule has 1 atom stereocenters. The van der Waals surface area contributed by atoms with Crippen LogP contribution in [0.2, 0.25) is 0 Å². The lowest BCUT2D eigenvalue weighted by Gasteiger charge is -2.39. The number of halogens is 1. The van der Waals surface area contributed by atoms with Gasteiger partial charge in [0, 0.05) is 12.0 Å². The number of carbonyl (C=O) groups is 2. The molecule has 1 aromatic carbocycles. The molecule has 154 valence electrons. The van der Waals surface area contributed by atoms with E-state index in [9.17, 15) is 14.0 Å². The molecule has 0 bridgehead atoms. The van der Waals surface area contributed by atoms with Crippen LogP contribution in [0.25, 0.3) is 0 Å². The van der Waals surface area contributed by atoms with Gasteiger partial charge in [-0.2, -0.15) is 0 Å². The van der Waals surface area contributed by atoms with Crippen molar-refractivity contribution in [1.29, 1.82) is 0 Å². The maximum absolute atomic E-state index is 13.5. The minimum absolute atomic E-state index is 0.278. The first-order valence-electron chi connectivity index (χ1n) is 10.0. The second kappa shape index (κ2) is 9.12. The van der Waals surface area contributed by atoms with Gasteiger partial charge in [-0.15, -0.1) is 0 Å². The quantitative estimate of drug-likeness (QED) is 0.353. The average Bonchev–Trinajstić information content (AvgIpc) is 3.13. The summed E-state index contributed by atoms with van der Waals surface area (Å²) in [6.45, 7) is 8.37. The Labute approximate surface area is 172 Å². The summed E-state index contributed by atoms with van der Waals surface area (Å²) in [5.74, 6) is -1.34. The minimum atomic E-state index is -1.02. The van der Waals surface area contributed by atoms with Crippen LogP contribution in [0.5, 0.6) is 0 Å². The summed E-state index contributed by atoms with van der Waals surface area (Å²) in [6, 6.07) is 5.97. The van der Waals surface area contributed by atoms with Crippen molar-refractivity contribution in [1.82, 2.24) is 4.90 Å². The van der Waals surface area contributed by atoms with Gasteiger partial charge in [-0.1, -0.05) is 46.2 Å². The van der Waals surface area contributed by atoms with E-state index in [1.165, 1.54) is 12.1 Å². The number of ketones is 1. The van der Waals surface area contributed by atoms with Crippen molar-refractivity contribution in [2.24, 2.45) is 5.41 Å². The van der Waals surface area contributed by atoms with E-state index in [2.05, 4.69) is 6.92 Å². The second-order valence-electron chi connectivity index (χ2n) is 7.98. The van der Waals surface area contributed by atoms with Crippen molar-refractivity contribution in [2.45, 2.75) is 65.3 Å². The monoisotopic (exact) mass is 407 g/mol. The first-order valence-corrected chi connectivity index (χ1v) is 10.4. The molecule has 6 heteroatoms. The SMILES string of the molecule is CCCCOC(=S)C1(c2ccc(F)cc2)CCCN1C(=O)C(=O)C(C)(C)CC. The third-order valence-corrected chi connectivity index (χ3v) is 6.17. The molecule has 28 heavy (non-hydrogen) atoms. The molecular weight excluding hydrogens is 377 g/mol. The zero-order valence-electron chi connectivity index (χ0n) is 17.2. The van der Waals surface area contributed by atoms with Gasteiger partial charge in [0.1, 0.15) is 11.4 Å². The summed E-state index contributed by atoms with van der Waals surface area (Å²) in [7, 11) is 0. The molecule has 1 aliphatic rings. The fraction of sp³-hybridized carbons (Fsp3) is 0.591. The van der Waals surface area contributed by atoms with Crippen molar-refractivity contribution in [3.63, 3.8) is 0 Å². The van der Waals surface area contributed by atoms with Crippen LogP contribution in [0.15, 0.2) is 24.3 Å². The van der Waals surface area contributed by atoms with Crippen molar-refractivity contribution in [3.05, 3.63) is 35.6 Å². The van der Waals surface area contributed by atoms with Crippen LogP contribution in [0.4, 0.5) is 4.39 Å². The van der Waals surface area contributed by atoms with E-state index in [0.717, 1.165) is 12.8 Å². The van der Waals surface area contributed by atoms with E-state index in [-0.39, 0.29) is 10.9 Å². The Kier molecular flexibility index (Phi) is 7.32. The van der Waals surface area contributed by atoms with E-state index in [1.807, 2.05) is 6.92 Å². The number of likely N-dealkylation sites (tertiary alicyclic amines) is 1. The van der Waals surface area contributed by atoms with Crippen molar-refractivity contribution >= 4 is 29.0 Å². The molecule has 1 saturated heterocycles. The summed E-state index contributed by atoms with van der Waals surface area (Å²) in [4.78, 5) is 27.7. The molecule has 0 aromatic heterocycles. The van der Waals surface area contributed by atoms with Gasteiger partial charge < -0.3 is 9.64 Å². The number of Topliss-reactive ketones (excluding diaryl/α,β-unsaturated/α-hetero) is 1. The van der Waals surface area contributed by atoms with Gasteiger partial charge in [0.15, 0.2) is 5.05 Å². The normalized spacial score (nSPS) is 19.5. The van der Waals surface area contributed by atoms with Crippen LogP contribution >= 0.6 is 12.2 Å². The Morgan fingerprint density at radius 3 is 2.46 bits per heavy atom. The van der Waals surface area contributed by atoms with Crippen LogP contribution in [0.3, 0.4) is 0 Å². The van der Waals surface area contributed by atoms with Crippen molar-refractivity contribution in [2.75, 3.05) is 13.2 Å². The molecule has 0 saturated carbocycles. The number of ether oxygens (including phenoxy) is 1. The molecule has 0 aliphatic carbocycles. The molecular formula is C22H30FNO3S. The van der Waals surface area contributed by atoms with Gasteiger partial charge in [0.2, 0.25) is 5.78 Å². The fourth-order valence-corrected chi connectivity index (χ4v) is 3.86. The Morgan fingerprint density at radius 1 is 1.25 bits per heavy atom. The number of hydrogen-bond acceptors (Lipinski definition) is 4. The predicted octanol–water partition coefficient (Wildman–Crippen LogP) is 4.79. The van der Waals surface area contributed by atoms with Gasteiger partial charge in [0.25, 0.3) is 5.91 Å². The molecule has 1 unspecified atom stereocenters. The lowest BCUT2D eigenvalue weighted by molar-refractivity contribution is -0.151. The number of thiocarbonyl (C=S) groups is 1. The fourth-order valence-electron chi connectivity index (χ4n) is 3.45. The van der Waals surface area contributed by atoms with Crippen LogP contribution < -0.4 is 0 Å². The molecule has 4 nitrogen and oxygen atoms in total. The Bertz CT molecular complexity index is 732. The lowest BCUT2D eigenvalue weighted by Crippen LogP contribution is -2.54. The smallest absolute Gasteiger partial charge is 0.291 e. The Hall–Kier alpha value is -1.82. The van der Waals surface area contributed by atoms with Gasteiger partial charge in [-0.05, 0) is 55.6 Å². The zero-order chi connectivity index (χ0) is 20.9. The molecule has 0 spiro atoms. The average molecular weight is 408 g/mol. The first kappa shape index (κ1) is 22.5. The van der Waals surface area contributed by atoms with E-state index >= 15 is 0 Å². The number of carbonyl (C=O) groups excluding carboxylic acids is 2. The van der Waals surface area contributed by atoms with Crippen LogP contribution in [0.1, 0.15) is 65.4 Å². The summed E-state index contributed by atoms with van der Waals surface area (Å²) in [5.41, 5.74) is -1.09. The third-order valence-electron chi connectivity index (χ3n) is 5.71. The highest BCUT2D eigenvalue weighted by Gasteiger charge is 2.52. The topological polar surface area (TPSA) is 46.6 Å². The maximum Gasteiger partial charge on any atom is 0.291 e. The standard InChI is InChI=1S/C22H30FNO3S/c1-5-7-15-27-20(28)22(16-9-11-17(23)12-10-16)13-8-14-24(22)19(26)18(25)21(3,4)6-2/h9-12H,5-8,13-15H2,1-4H3. The van der Waals surface area contributed by atoms with Crippen LogP contribution in [-0.4, -0.2) is 34.8 Å². The Balaban J connectivity index is 2.47. The van der Waals surface area contributed by atoms with Crippen LogP contribution in [0, 0.1) is 11.2 Å². The van der Waals surface area contributed by atoms with Crippen molar-refractivity contribution < 1.29 is 18.7 Å². The molecule has 0 N–H and O–H groups in total. The zero-order valence-corrected chi connectivity index (χ0v) is 18.0. The molecule has 1 amide bonds. The number of hydrogen-bond donors (Lipinski definition) is 0. The van der Waals surface area contributed by atoms with Gasteiger partial charge in [0.05, 0.1) is 6.61 Å². The number of amides is 1.